The van der Waals surface area contributed by atoms with Crippen LogP contribution in [0.25, 0.3) is 0 Å². The van der Waals surface area contributed by atoms with Gasteiger partial charge in [-0.2, -0.15) is 13.2 Å². The van der Waals surface area contributed by atoms with Crippen LogP contribution in [0.1, 0.15) is 37.8 Å². The molecule has 0 bridgehead atoms. The number of nitrogens with one attached hydrogen (secondary N) is 1. The van der Waals surface area contributed by atoms with Gasteiger partial charge in [-0.3, -0.25) is 4.79 Å². The largest absolute Gasteiger partial charge is 0.416 e. The number of halogens is 3. The summed E-state index contributed by atoms with van der Waals surface area (Å²) in [6, 6.07) is 4.03. The number of carbonyl (C=O) groups is 1. The number of alkyl halides is 3. The molecule has 1 amide bonds. The quantitative estimate of drug-likeness (QED) is 0.911. The highest BCUT2D eigenvalue weighted by Gasteiger charge is 2.42. The van der Waals surface area contributed by atoms with Gasteiger partial charge >= 0.3 is 6.18 Å². The van der Waals surface area contributed by atoms with E-state index in [1.54, 1.807) is 6.07 Å². The van der Waals surface area contributed by atoms with Crippen molar-refractivity contribution in [3.8, 4) is 0 Å². The summed E-state index contributed by atoms with van der Waals surface area (Å²) in [6.45, 7) is 5.44. The van der Waals surface area contributed by atoms with Crippen molar-refractivity contribution in [1.82, 2.24) is 5.32 Å². The maximum Gasteiger partial charge on any atom is 0.416 e. The number of benzene rings is 1. The molecular weight excluding hydrogens is 317 g/mol. The number of hydrogen-bond donors (Lipinski definition) is 1. The average Bonchev–Trinajstić information content (AvgIpc) is 3.00. The first-order valence-corrected chi connectivity index (χ1v) is 8.52. The maximum atomic E-state index is 13.0. The summed E-state index contributed by atoms with van der Waals surface area (Å²) in [5.74, 6) is 0.0345. The van der Waals surface area contributed by atoms with Crippen molar-refractivity contribution in [3.63, 3.8) is 0 Å². The first-order chi connectivity index (χ1) is 11.3. The first-order valence-electron chi connectivity index (χ1n) is 8.52. The minimum Gasteiger partial charge on any atom is -0.368 e. The molecule has 0 radical (unpaired) electrons. The summed E-state index contributed by atoms with van der Waals surface area (Å²) in [7, 11) is 0. The Morgan fingerprint density at radius 3 is 2.79 bits per heavy atom. The summed E-state index contributed by atoms with van der Waals surface area (Å²) in [5.41, 5.74) is 0.853. The second-order valence-electron chi connectivity index (χ2n) is 7.19. The van der Waals surface area contributed by atoms with Crippen LogP contribution in [0.4, 0.5) is 18.9 Å². The maximum absolute atomic E-state index is 13.0. The normalized spacial score (nSPS) is 23.2. The number of hydrogen-bond acceptors (Lipinski definition) is 2. The molecule has 1 aromatic rings. The van der Waals surface area contributed by atoms with Crippen LogP contribution in [0.2, 0.25) is 0 Å². The highest BCUT2D eigenvalue weighted by molar-refractivity contribution is 5.82. The Kier molecular flexibility index (Phi) is 4.49. The third-order valence-electron chi connectivity index (χ3n) is 4.94. The van der Waals surface area contributed by atoms with E-state index >= 15 is 0 Å². The van der Waals surface area contributed by atoms with E-state index in [1.165, 1.54) is 6.07 Å². The van der Waals surface area contributed by atoms with Gasteiger partial charge in [0.1, 0.15) is 0 Å². The summed E-state index contributed by atoms with van der Waals surface area (Å²) in [5, 5.41) is 2.95. The van der Waals surface area contributed by atoms with Gasteiger partial charge in [0.05, 0.1) is 11.5 Å². The monoisotopic (exact) mass is 340 g/mol. The van der Waals surface area contributed by atoms with E-state index in [1.807, 2.05) is 13.8 Å². The molecule has 1 N–H and O–H groups in total. The molecule has 2 unspecified atom stereocenters. The molecule has 0 spiro atoms. The lowest BCUT2D eigenvalue weighted by Gasteiger charge is -2.39. The van der Waals surface area contributed by atoms with Crippen molar-refractivity contribution in [2.24, 2.45) is 11.8 Å². The molecule has 2 atom stereocenters. The second-order valence-corrected chi connectivity index (χ2v) is 7.19. The van der Waals surface area contributed by atoms with Crippen LogP contribution in [0.3, 0.4) is 0 Å². The zero-order chi connectivity index (χ0) is 17.5. The van der Waals surface area contributed by atoms with E-state index < -0.39 is 11.7 Å². The zero-order valence-electron chi connectivity index (χ0n) is 14.0. The van der Waals surface area contributed by atoms with Crippen molar-refractivity contribution in [1.29, 1.82) is 0 Å². The average molecular weight is 340 g/mol. The smallest absolute Gasteiger partial charge is 0.368 e. The number of amides is 1. The number of anilines is 1. The topological polar surface area (TPSA) is 32.3 Å². The lowest BCUT2D eigenvalue weighted by Crippen LogP contribution is -2.48. The molecule has 24 heavy (non-hydrogen) atoms. The molecule has 2 aliphatic rings. The summed E-state index contributed by atoms with van der Waals surface area (Å²) >= 11 is 0. The third kappa shape index (κ3) is 3.23. The summed E-state index contributed by atoms with van der Waals surface area (Å²) in [4.78, 5) is 14.7. The Balaban J connectivity index is 1.89. The van der Waals surface area contributed by atoms with Crippen molar-refractivity contribution < 1.29 is 18.0 Å². The van der Waals surface area contributed by atoms with Crippen molar-refractivity contribution in [2.75, 3.05) is 18.0 Å². The predicted octanol–water partition coefficient (Wildman–Crippen LogP) is 3.62. The number of nitrogens with zero attached hydrogens (tertiary/aromatic N) is 1. The fraction of sp³-hybridized carbons (Fsp3) is 0.611. The number of rotatable bonds is 3. The molecule has 0 aromatic heterocycles. The minimum atomic E-state index is -4.35. The van der Waals surface area contributed by atoms with E-state index in [2.05, 4.69) is 10.2 Å². The van der Waals surface area contributed by atoms with Crippen LogP contribution in [0.15, 0.2) is 18.2 Å². The molecular formula is C18H23F3N2O. The molecule has 1 aromatic carbocycles. The van der Waals surface area contributed by atoms with E-state index in [0.717, 1.165) is 31.1 Å². The van der Waals surface area contributed by atoms with E-state index in [4.69, 9.17) is 0 Å². The first kappa shape index (κ1) is 17.1. The van der Waals surface area contributed by atoms with Crippen LogP contribution >= 0.6 is 0 Å². The molecule has 0 saturated carbocycles. The molecule has 2 aliphatic heterocycles. The highest BCUT2D eigenvalue weighted by atomic mass is 19.4. The van der Waals surface area contributed by atoms with Gasteiger partial charge in [-0.15, -0.1) is 0 Å². The zero-order valence-corrected chi connectivity index (χ0v) is 14.0. The molecule has 2 heterocycles. The third-order valence-corrected chi connectivity index (χ3v) is 4.94. The molecule has 6 heteroatoms. The van der Waals surface area contributed by atoms with E-state index in [0.29, 0.717) is 24.4 Å². The van der Waals surface area contributed by atoms with Crippen LogP contribution in [-0.4, -0.2) is 25.0 Å². The molecule has 1 fully saturated rings. The van der Waals surface area contributed by atoms with Gasteiger partial charge in [0.25, 0.3) is 0 Å². The van der Waals surface area contributed by atoms with Gasteiger partial charge in [-0.1, -0.05) is 13.8 Å². The van der Waals surface area contributed by atoms with Crippen LogP contribution in [-0.2, 0) is 17.4 Å². The fourth-order valence-electron chi connectivity index (χ4n) is 3.79. The van der Waals surface area contributed by atoms with Gasteiger partial charge in [-0.25, -0.2) is 0 Å². The van der Waals surface area contributed by atoms with Crippen molar-refractivity contribution in [2.45, 2.75) is 45.3 Å². The standard InChI is InChI=1S/C18H23F3N2O/c1-11(2)10-22-17(24)14-9-12-8-13(18(19,20)21)5-6-15(12)23-7-3-4-16(14)23/h5-6,8,11,14,16H,3-4,7,9-10H2,1-2H3,(H,22,24). The van der Waals surface area contributed by atoms with E-state index in [9.17, 15) is 18.0 Å². The second kappa shape index (κ2) is 6.30. The summed E-state index contributed by atoms with van der Waals surface area (Å²) in [6.07, 6.45) is -2.09. The summed E-state index contributed by atoms with van der Waals surface area (Å²) < 4.78 is 39.0. The number of fused-ring (bicyclic) bond motifs is 3. The Labute approximate surface area is 140 Å². The molecule has 1 saturated heterocycles. The van der Waals surface area contributed by atoms with Crippen LogP contribution in [0, 0.1) is 11.8 Å². The van der Waals surface area contributed by atoms with E-state index in [-0.39, 0.29) is 17.9 Å². The lowest BCUT2D eigenvalue weighted by molar-refractivity contribution is -0.137. The van der Waals surface area contributed by atoms with Crippen molar-refractivity contribution >= 4 is 11.6 Å². The van der Waals surface area contributed by atoms with Crippen LogP contribution < -0.4 is 10.2 Å². The minimum absolute atomic E-state index is 0.0383. The van der Waals surface area contributed by atoms with Gasteiger partial charge < -0.3 is 10.2 Å². The SMILES string of the molecule is CC(C)CNC(=O)C1Cc2cc(C(F)(F)F)ccc2N2CCCC12. The molecule has 0 aliphatic carbocycles. The molecule has 3 rings (SSSR count). The Morgan fingerprint density at radius 1 is 1.38 bits per heavy atom. The van der Waals surface area contributed by atoms with Gasteiger partial charge in [0.2, 0.25) is 5.91 Å². The highest BCUT2D eigenvalue weighted by Crippen LogP contribution is 2.41. The Bertz CT molecular complexity index is 627. The van der Waals surface area contributed by atoms with Crippen molar-refractivity contribution in [3.05, 3.63) is 29.3 Å². The predicted molar refractivity (Wildman–Crippen MR) is 86.9 cm³/mol. The van der Waals surface area contributed by atoms with Gasteiger partial charge in [0.15, 0.2) is 0 Å². The lowest BCUT2D eigenvalue weighted by atomic mass is 9.84. The Morgan fingerprint density at radius 2 is 2.12 bits per heavy atom. The molecule has 3 nitrogen and oxygen atoms in total. The molecule has 132 valence electrons. The number of carbonyl (C=O) groups excluding carboxylic acids is 1. The van der Waals surface area contributed by atoms with Gasteiger partial charge in [0, 0.05) is 24.8 Å². The van der Waals surface area contributed by atoms with Gasteiger partial charge in [-0.05, 0) is 48.9 Å². The van der Waals surface area contributed by atoms with Crippen LogP contribution in [0.5, 0.6) is 0 Å². The fourth-order valence-corrected chi connectivity index (χ4v) is 3.79. The Hall–Kier alpha value is -1.72.